The summed E-state index contributed by atoms with van der Waals surface area (Å²) in [7, 11) is 0. The number of anilines is 1. The van der Waals surface area contributed by atoms with Gasteiger partial charge in [0.1, 0.15) is 6.04 Å². The van der Waals surface area contributed by atoms with Gasteiger partial charge in [-0.05, 0) is 24.5 Å². The van der Waals surface area contributed by atoms with Crippen molar-refractivity contribution in [2.75, 3.05) is 24.6 Å². The third kappa shape index (κ3) is 2.82. The van der Waals surface area contributed by atoms with Crippen LogP contribution in [0.25, 0.3) is 0 Å². The van der Waals surface area contributed by atoms with Gasteiger partial charge in [0.25, 0.3) is 0 Å². The third-order valence-corrected chi connectivity index (χ3v) is 3.30. The SMILES string of the molecule is CC1CNC(=O)C(CCO)N(c2ccccc2)C1. The van der Waals surface area contributed by atoms with E-state index in [0.717, 1.165) is 12.2 Å². The van der Waals surface area contributed by atoms with Crippen LogP contribution in [-0.4, -0.2) is 36.8 Å². The third-order valence-electron chi connectivity index (χ3n) is 3.30. The molecule has 1 aliphatic rings. The second-order valence-electron chi connectivity index (χ2n) is 4.87. The molecule has 0 radical (unpaired) electrons. The van der Waals surface area contributed by atoms with Crippen LogP contribution >= 0.6 is 0 Å². The van der Waals surface area contributed by atoms with E-state index in [2.05, 4.69) is 17.1 Å². The van der Waals surface area contributed by atoms with Gasteiger partial charge in [0.05, 0.1) is 0 Å². The van der Waals surface area contributed by atoms with Crippen molar-refractivity contribution >= 4 is 11.6 Å². The molecule has 2 rings (SSSR count). The molecule has 1 aromatic rings. The van der Waals surface area contributed by atoms with Crippen LogP contribution in [0.2, 0.25) is 0 Å². The van der Waals surface area contributed by atoms with Gasteiger partial charge in [-0.2, -0.15) is 0 Å². The number of aliphatic hydroxyl groups is 1. The molecule has 4 nitrogen and oxygen atoms in total. The van der Waals surface area contributed by atoms with Gasteiger partial charge in [-0.25, -0.2) is 0 Å². The molecule has 18 heavy (non-hydrogen) atoms. The molecule has 1 amide bonds. The maximum absolute atomic E-state index is 12.1. The molecular weight excluding hydrogens is 228 g/mol. The predicted molar refractivity (Wildman–Crippen MR) is 71.5 cm³/mol. The van der Waals surface area contributed by atoms with Crippen LogP contribution in [0, 0.1) is 5.92 Å². The molecule has 0 spiro atoms. The van der Waals surface area contributed by atoms with Gasteiger partial charge in [-0.15, -0.1) is 0 Å². The van der Waals surface area contributed by atoms with Gasteiger partial charge in [-0.1, -0.05) is 25.1 Å². The Balaban J connectivity index is 2.28. The van der Waals surface area contributed by atoms with E-state index in [9.17, 15) is 4.79 Å². The molecule has 2 atom stereocenters. The number of hydrogen-bond acceptors (Lipinski definition) is 3. The van der Waals surface area contributed by atoms with E-state index in [1.165, 1.54) is 0 Å². The lowest BCUT2D eigenvalue weighted by Crippen LogP contribution is -2.45. The molecule has 0 aliphatic carbocycles. The Morgan fingerprint density at radius 2 is 2.11 bits per heavy atom. The second-order valence-corrected chi connectivity index (χ2v) is 4.87. The highest BCUT2D eigenvalue weighted by molar-refractivity contribution is 5.85. The monoisotopic (exact) mass is 248 g/mol. The Bertz CT molecular complexity index is 394. The molecule has 1 aliphatic heterocycles. The highest BCUT2D eigenvalue weighted by Gasteiger charge is 2.29. The molecule has 98 valence electrons. The van der Waals surface area contributed by atoms with E-state index in [0.29, 0.717) is 18.9 Å². The van der Waals surface area contributed by atoms with E-state index in [1.807, 2.05) is 30.3 Å². The quantitative estimate of drug-likeness (QED) is 0.839. The second kappa shape index (κ2) is 5.87. The lowest BCUT2D eigenvalue weighted by molar-refractivity contribution is -0.122. The fourth-order valence-electron chi connectivity index (χ4n) is 2.38. The van der Waals surface area contributed by atoms with Gasteiger partial charge < -0.3 is 15.3 Å². The largest absolute Gasteiger partial charge is 0.396 e. The number of para-hydroxylation sites is 1. The number of rotatable bonds is 3. The molecule has 0 saturated carbocycles. The zero-order valence-corrected chi connectivity index (χ0v) is 10.7. The van der Waals surface area contributed by atoms with Crippen molar-refractivity contribution in [2.24, 2.45) is 5.92 Å². The predicted octanol–water partition coefficient (Wildman–Crippen LogP) is 1.01. The number of nitrogens with zero attached hydrogens (tertiary/aromatic N) is 1. The Kier molecular flexibility index (Phi) is 4.20. The Morgan fingerprint density at radius 1 is 1.39 bits per heavy atom. The van der Waals surface area contributed by atoms with Crippen molar-refractivity contribution in [2.45, 2.75) is 19.4 Å². The maximum Gasteiger partial charge on any atom is 0.242 e. The molecule has 1 heterocycles. The van der Waals surface area contributed by atoms with Gasteiger partial charge >= 0.3 is 0 Å². The molecule has 0 bridgehead atoms. The number of amides is 1. The van der Waals surface area contributed by atoms with Crippen molar-refractivity contribution in [1.29, 1.82) is 0 Å². The number of carbonyl (C=O) groups is 1. The van der Waals surface area contributed by atoms with E-state index in [-0.39, 0.29) is 18.6 Å². The Morgan fingerprint density at radius 3 is 2.78 bits per heavy atom. The first-order chi connectivity index (χ1) is 8.72. The van der Waals surface area contributed by atoms with Crippen molar-refractivity contribution in [3.8, 4) is 0 Å². The van der Waals surface area contributed by atoms with Gasteiger partial charge in [0, 0.05) is 25.4 Å². The topological polar surface area (TPSA) is 52.6 Å². The van der Waals surface area contributed by atoms with E-state index in [1.54, 1.807) is 0 Å². The normalized spacial score (nSPS) is 24.6. The van der Waals surface area contributed by atoms with Gasteiger partial charge in [0.2, 0.25) is 5.91 Å². The summed E-state index contributed by atoms with van der Waals surface area (Å²) < 4.78 is 0. The van der Waals surface area contributed by atoms with E-state index < -0.39 is 0 Å². The molecule has 1 fully saturated rings. The summed E-state index contributed by atoms with van der Waals surface area (Å²) in [6.07, 6.45) is 0.466. The highest BCUT2D eigenvalue weighted by Crippen LogP contribution is 2.21. The molecule has 0 aromatic heterocycles. The van der Waals surface area contributed by atoms with Crippen molar-refractivity contribution < 1.29 is 9.90 Å². The van der Waals surface area contributed by atoms with Crippen LogP contribution in [0.5, 0.6) is 0 Å². The van der Waals surface area contributed by atoms with Gasteiger partial charge in [0.15, 0.2) is 0 Å². The Hall–Kier alpha value is -1.55. The smallest absolute Gasteiger partial charge is 0.242 e. The average Bonchev–Trinajstić information content (AvgIpc) is 2.53. The fraction of sp³-hybridized carbons (Fsp3) is 0.500. The van der Waals surface area contributed by atoms with Crippen LogP contribution < -0.4 is 10.2 Å². The maximum atomic E-state index is 12.1. The van der Waals surface area contributed by atoms with Crippen molar-refractivity contribution in [1.82, 2.24) is 5.32 Å². The van der Waals surface area contributed by atoms with Crippen molar-refractivity contribution in [3.63, 3.8) is 0 Å². The average molecular weight is 248 g/mol. The number of carbonyl (C=O) groups excluding carboxylic acids is 1. The summed E-state index contributed by atoms with van der Waals surface area (Å²) in [6.45, 7) is 3.67. The summed E-state index contributed by atoms with van der Waals surface area (Å²) in [6, 6.07) is 9.65. The zero-order valence-electron chi connectivity index (χ0n) is 10.7. The van der Waals surface area contributed by atoms with Crippen molar-refractivity contribution in [3.05, 3.63) is 30.3 Å². The fourth-order valence-corrected chi connectivity index (χ4v) is 2.38. The lowest BCUT2D eigenvalue weighted by Gasteiger charge is -2.31. The van der Waals surface area contributed by atoms with Crippen LogP contribution in [-0.2, 0) is 4.79 Å². The minimum atomic E-state index is -0.276. The minimum absolute atomic E-state index is 0.0113. The number of benzene rings is 1. The van der Waals surface area contributed by atoms with E-state index >= 15 is 0 Å². The Labute approximate surface area is 108 Å². The minimum Gasteiger partial charge on any atom is -0.396 e. The summed E-state index contributed by atoms with van der Waals surface area (Å²) >= 11 is 0. The standard InChI is InChI=1S/C14H20N2O2/c1-11-9-15-14(18)13(7-8-17)16(10-11)12-5-3-2-4-6-12/h2-6,11,13,17H,7-10H2,1H3,(H,15,18). The summed E-state index contributed by atoms with van der Waals surface area (Å²) in [5.41, 5.74) is 1.04. The lowest BCUT2D eigenvalue weighted by atomic mass is 10.1. The summed E-state index contributed by atoms with van der Waals surface area (Å²) in [4.78, 5) is 14.2. The first kappa shape index (κ1) is 12.9. The zero-order chi connectivity index (χ0) is 13.0. The van der Waals surface area contributed by atoms with Crippen LogP contribution in [0.3, 0.4) is 0 Å². The van der Waals surface area contributed by atoms with Crippen LogP contribution in [0.1, 0.15) is 13.3 Å². The molecule has 1 aromatic carbocycles. The van der Waals surface area contributed by atoms with Gasteiger partial charge in [-0.3, -0.25) is 4.79 Å². The summed E-state index contributed by atoms with van der Waals surface area (Å²) in [5.74, 6) is 0.412. The van der Waals surface area contributed by atoms with Crippen LogP contribution in [0.4, 0.5) is 5.69 Å². The van der Waals surface area contributed by atoms with Crippen LogP contribution in [0.15, 0.2) is 30.3 Å². The number of nitrogens with one attached hydrogen (secondary N) is 1. The molecular formula is C14H20N2O2. The first-order valence-corrected chi connectivity index (χ1v) is 6.42. The molecule has 1 saturated heterocycles. The molecule has 2 N–H and O–H groups in total. The molecule has 2 unspecified atom stereocenters. The first-order valence-electron chi connectivity index (χ1n) is 6.42. The highest BCUT2D eigenvalue weighted by atomic mass is 16.3. The number of hydrogen-bond donors (Lipinski definition) is 2. The molecule has 4 heteroatoms. The summed E-state index contributed by atoms with van der Waals surface area (Å²) in [5, 5.41) is 12.1. The number of aliphatic hydroxyl groups excluding tert-OH is 1. The van der Waals surface area contributed by atoms with E-state index in [4.69, 9.17) is 5.11 Å².